The predicted octanol–water partition coefficient (Wildman–Crippen LogP) is 1.81. The average Bonchev–Trinajstić information content (AvgIpc) is 2.28. The molecule has 0 heterocycles. The fraction of sp³-hybridized carbons (Fsp3) is 0.455. The Morgan fingerprint density at radius 3 is 2.71 bits per heavy atom. The summed E-state index contributed by atoms with van der Waals surface area (Å²) >= 11 is 3.26. The van der Waals surface area contributed by atoms with Gasteiger partial charge in [-0.25, -0.2) is 13.1 Å². The van der Waals surface area contributed by atoms with E-state index in [1.165, 1.54) is 0 Å². The molecule has 0 atom stereocenters. The number of sulfonamides is 1. The summed E-state index contributed by atoms with van der Waals surface area (Å²) in [6, 6.07) is 5.15. The Morgan fingerprint density at radius 2 is 2.06 bits per heavy atom. The normalized spacial score (nSPS) is 11.7. The molecule has 4 nitrogen and oxygen atoms in total. The van der Waals surface area contributed by atoms with Gasteiger partial charge in [0.1, 0.15) is 0 Å². The fourth-order valence-electron chi connectivity index (χ4n) is 1.38. The van der Waals surface area contributed by atoms with Crippen LogP contribution in [0.4, 0.5) is 0 Å². The lowest BCUT2D eigenvalue weighted by Crippen LogP contribution is -2.25. The van der Waals surface area contributed by atoms with Crippen molar-refractivity contribution in [2.45, 2.75) is 24.7 Å². The highest BCUT2D eigenvalue weighted by atomic mass is 79.9. The summed E-state index contributed by atoms with van der Waals surface area (Å²) in [5.41, 5.74) is 0.711. The molecule has 1 aromatic rings. The Morgan fingerprint density at radius 1 is 1.35 bits per heavy atom. The Kier molecular flexibility index (Phi) is 5.58. The number of hydrogen-bond donors (Lipinski definition) is 2. The number of nitrogens with one attached hydrogen (secondary N) is 1. The van der Waals surface area contributed by atoms with Crippen LogP contribution in [-0.4, -0.2) is 26.7 Å². The molecule has 0 fully saturated rings. The Hall–Kier alpha value is -0.430. The summed E-state index contributed by atoms with van der Waals surface area (Å²) < 4.78 is 27.2. The average molecular weight is 322 g/mol. The van der Waals surface area contributed by atoms with Crippen LogP contribution in [0.5, 0.6) is 0 Å². The lowest BCUT2D eigenvalue weighted by Gasteiger charge is -2.09. The Bertz CT molecular complexity index is 474. The second-order valence-corrected chi connectivity index (χ2v) is 6.39. The maximum Gasteiger partial charge on any atom is 0.240 e. The third-order valence-corrected chi connectivity index (χ3v) is 4.41. The van der Waals surface area contributed by atoms with Crippen LogP contribution in [-0.2, 0) is 10.0 Å². The van der Waals surface area contributed by atoms with Gasteiger partial charge in [0.2, 0.25) is 10.0 Å². The first-order valence-corrected chi connectivity index (χ1v) is 7.61. The second-order valence-electron chi connectivity index (χ2n) is 3.74. The third-order valence-electron chi connectivity index (χ3n) is 2.32. The first kappa shape index (κ1) is 14.6. The highest BCUT2D eigenvalue weighted by Gasteiger charge is 2.16. The number of aliphatic hydroxyl groups is 1. The van der Waals surface area contributed by atoms with Crippen LogP contribution in [0.1, 0.15) is 18.4 Å². The highest BCUT2D eigenvalue weighted by Crippen LogP contribution is 2.20. The molecule has 96 valence electrons. The van der Waals surface area contributed by atoms with E-state index in [4.69, 9.17) is 5.11 Å². The van der Waals surface area contributed by atoms with E-state index in [9.17, 15) is 8.42 Å². The molecule has 1 rings (SSSR count). The van der Waals surface area contributed by atoms with Gasteiger partial charge in [-0.2, -0.15) is 0 Å². The molecule has 0 unspecified atom stereocenters. The molecule has 6 heteroatoms. The van der Waals surface area contributed by atoms with Gasteiger partial charge in [0.05, 0.1) is 4.90 Å². The van der Waals surface area contributed by atoms with E-state index < -0.39 is 10.0 Å². The zero-order valence-corrected chi connectivity index (χ0v) is 12.0. The molecule has 0 aliphatic carbocycles. The quantitative estimate of drug-likeness (QED) is 0.785. The Labute approximate surface area is 110 Å². The van der Waals surface area contributed by atoms with Crippen molar-refractivity contribution in [1.82, 2.24) is 4.72 Å². The molecule has 0 amide bonds. The van der Waals surface area contributed by atoms with E-state index in [0.717, 1.165) is 4.47 Å². The van der Waals surface area contributed by atoms with E-state index in [0.29, 0.717) is 24.9 Å². The summed E-state index contributed by atoms with van der Waals surface area (Å²) in [6.45, 7) is 2.18. The maximum absolute atomic E-state index is 12.0. The van der Waals surface area contributed by atoms with Crippen LogP contribution in [0.15, 0.2) is 27.6 Å². The summed E-state index contributed by atoms with van der Waals surface area (Å²) in [6.07, 6.45) is 1.22. The van der Waals surface area contributed by atoms with Crippen LogP contribution < -0.4 is 4.72 Å². The van der Waals surface area contributed by atoms with Gasteiger partial charge < -0.3 is 5.11 Å². The van der Waals surface area contributed by atoms with Gasteiger partial charge in [0.15, 0.2) is 0 Å². The minimum Gasteiger partial charge on any atom is -0.396 e. The number of rotatable bonds is 6. The number of unbranched alkanes of at least 4 members (excludes halogenated alkanes) is 1. The van der Waals surface area contributed by atoms with Crippen molar-refractivity contribution in [2.75, 3.05) is 13.2 Å². The number of benzene rings is 1. The molecule has 0 spiro atoms. The van der Waals surface area contributed by atoms with Gasteiger partial charge >= 0.3 is 0 Å². The lowest BCUT2D eigenvalue weighted by molar-refractivity contribution is 0.285. The number of aliphatic hydroxyl groups excluding tert-OH is 1. The summed E-state index contributed by atoms with van der Waals surface area (Å²) in [5, 5.41) is 8.61. The standard InChI is InChI=1S/C11H16BrNO3S/c1-9-4-5-10(12)8-11(9)17(15,16)13-6-2-3-7-14/h4-5,8,13-14H,2-3,6-7H2,1H3. The number of halogens is 1. The smallest absolute Gasteiger partial charge is 0.240 e. The highest BCUT2D eigenvalue weighted by molar-refractivity contribution is 9.10. The molecular weight excluding hydrogens is 306 g/mol. The molecule has 0 bridgehead atoms. The van der Waals surface area contributed by atoms with Crippen LogP contribution in [0.25, 0.3) is 0 Å². The van der Waals surface area contributed by atoms with E-state index in [1.54, 1.807) is 25.1 Å². The van der Waals surface area contributed by atoms with Gasteiger partial charge in [-0.15, -0.1) is 0 Å². The van der Waals surface area contributed by atoms with Gasteiger partial charge in [0.25, 0.3) is 0 Å². The molecule has 0 aliphatic heterocycles. The van der Waals surface area contributed by atoms with Gasteiger partial charge in [0, 0.05) is 17.6 Å². The zero-order valence-electron chi connectivity index (χ0n) is 9.61. The molecule has 0 radical (unpaired) electrons. The summed E-state index contributed by atoms with van der Waals surface area (Å²) in [7, 11) is -3.46. The minimum atomic E-state index is -3.46. The number of hydrogen-bond acceptors (Lipinski definition) is 3. The van der Waals surface area contributed by atoms with Crippen molar-refractivity contribution in [3.63, 3.8) is 0 Å². The molecule has 0 saturated carbocycles. The molecular formula is C11H16BrNO3S. The van der Waals surface area contributed by atoms with Gasteiger partial charge in [-0.3, -0.25) is 0 Å². The van der Waals surface area contributed by atoms with Crippen LogP contribution in [0.3, 0.4) is 0 Å². The van der Waals surface area contributed by atoms with Crippen LogP contribution in [0, 0.1) is 6.92 Å². The Balaban J connectivity index is 2.79. The first-order chi connectivity index (χ1) is 7.97. The molecule has 2 N–H and O–H groups in total. The van der Waals surface area contributed by atoms with Crippen molar-refractivity contribution in [3.05, 3.63) is 28.2 Å². The second kappa shape index (κ2) is 6.49. The summed E-state index contributed by atoms with van der Waals surface area (Å²) in [4.78, 5) is 0.288. The van der Waals surface area contributed by atoms with Crippen LogP contribution in [0.2, 0.25) is 0 Å². The molecule has 1 aromatic carbocycles. The lowest BCUT2D eigenvalue weighted by atomic mass is 10.2. The van der Waals surface area contributed by atoms with Gasteiger partial charge in [-0.05, 0) is 37.5 Å². The topological polar surface area (TPSA) is 66.4 Å². The van der Waals surface area contributed by atoms with Gasteiger partial charge in [-0.1, -0.05) is 22.0 Å². The van der Waals surface area contributed by atoms with Crippen molar-refractivity contribution < 1.29 is 13.5 Å². The molecule has 0 aromatic heterocycles. The largest absolute Gasteiger partial charge is 0.396 e. The first-order valence-electron chi connectivity index (χ1n) is 5.34. The third kappa shape index (κ3) is 4.39. The minimum absolute atomic E-state index is 0.0810. The summed E-state index contributed by atoms with van der Waals surface area (Å²) in [5.74, 6) is 0. The van der Waals surface area contributed by atoms with Crippen molar-refractivity contribution in [2.24, 2.45) is 0 Å². The fourth-order valence-corrected chi connectivity index (χ4v) is 3.24. The predicted molar refractivity (Wildman–Crippen MR) is 70.4 cm³/mol. The van der Waals surface area contributed by atoms with Crippen molar-refractivity contribution >= 4 is 26.0 Å². The van der Waals surface area contributed by atoms with Crippen molar-refractivity contribution in [3.8, 4) is 0 Å². The number of aryl methyl sites for hydroxylation is 1. The van der Waals surface area contributed by atoms with E-state index in [1.807, 2.05) is 0 Å². The van der Waals surface area contributed by atoms with Crippen molar-refractivity contribution in [1.29, 1.82) is 0 Å². The van der Waals surface area contributed by atoms with E-state index >= 15 is 0 Å². The molecule has 17 heavy (non-hydrogen) atoms. The monoisotopic (exact) mass is 321 g/mol. The van der Waals surface area contributed by atoms with E-state index in [-0.39, 0.29) is 11.5 Å². The SMILES string of the molecule is Cc1ccc(Br)cc1S(=O)(=O)NCCCCO. The molecule has 0 aliphatic rings. The molecule has 0 saturated heterocycles. The zero-order chi connectivity index (χ0) is 12.9. The maximum atomic E-state index is 12.0. The van der Waals surface area contributed by atoms with E-state index in [2.05, 4.69) is 20.7 Å². The van der Waals surface area contributed by atoms with Crippen LogP contribution >= 0.6 is 15.9 Å².